The van der Waals surface area contributed by atoms with Crippen LogP contribution in [0.25, 0.3) is 28.5 Å². The lowest BCUT2D eigenvalue weighted by Crippen LogP contribution is -2.49. The number of aromatic hydroxyl groups is 2. The van der Waals surface area contributed by atoms with E-state index in [0.717, 1.165) is 69.0 Å². The summed E-state index contributed by atoms with van der Waals surface area (Å²) in [5.41, 5.74) is 8.35. The zero-order valence-corrected chi connectivity index (χ0v) is 41.1. The average molecular weight is 972 g/mol. The molecule has 0 radical (unpaired) electrons. The van der Waals surface area contributed by atoms with Crippen LogP contribution in [-0.2, 0) is 20.9 Å². The lowest BCUT2D eigenvalue weighted by molar-refractivity contribution is -0.133. The number of rotatable bonds is 15. The summed E-state index contributed by atoms with van der Waals surface area (Å²) in [5, 5.41) is 32.2. The van der Waals surface area contributed by atoms with E-state index in [1.807, 2.05) is 72.9 Å². The number of carbonyl (C=O) groups excluding carboxylic acids is 2. The number of halogens is 2. The molecule has 0 saturated carbocycles. The molecule has 70 heavy (non-hydrogen) atoms. The number of benzene rings is 2. The maximum atomic E-state index is 14.0. The molecule has 3 saturated heterocycles. The van der Waals surface area contributed by atoms with Gasteiger partial charge in [-0.2, -0.15) is 15.0 Å². The van der Waals surface area contributed by atoms with E-state index in [2.05, 4.69) is 57.4 Å². The quantitative estimate of drug-likeness (QED) is 0.103. The van der Waals surface area contributed by atoms with Gasteiger partial charge in [-0.05, 0) is 62.1 Å². The van der Waals surface area contributed by atoms with Gasteiger partial charge in [-0.15, -0.1) is 10.2 Å². The molecule has 3 aromatic heterocycles. The minimum atomic E-state index is -2.89. The van der Waals surface area contributed by atoms with Gasteiger partial charge in [0.25, 0.3) is 6.43 Å². The van der Waals surface area contributed by atoms with Crippen molar-refractivity contribution in [2.75, 3.05) is 107 Å². The van der Waals surface area contributed by atoms with Crippen LogP contribution in [0.15, 0.2) is 42.6 Å². The van der Waals surface area contributed by atoms with Crippen LogP contribution >= 0.6 is 0 Å². The van der Waals surface area contributed by atoms with Gasteiger partial charge in [-0.1, -0.05) is 39.8 Å². The van der Waals surface area contributed by atoms with Gasteiger partial charge >= 0.3 is 0 Å². The number of phenolic OH excluding ortho intramolecular Hbond substituents is 2. The fraction of sp³-hybridized carbons (Fsp3) is 0.521. The molecule has 5 N–H and O–H groups in total. The van der Waals surface area contributed by atoms with E-state index in [4.69, 9.17) is 15.5 Å². The minimum Gasteiger partial charge on any atom is -0.508 e. The smallest absolute Gasteiger partial charge is 0.281 e. The molecule has 2 aromatic carbocycles. The maximum absolute atomic E-state index is 14.0. The number of nitrogens with one attached hydrogen (secondary N) is 1. The topological polar surface area (TPSA) is 233 Å². The largest absolute Gasteiger partial charge is 0.508 e. The van der Waals surface area contributed by atoms with Gasteiger partial charge in [0.2, 0.25) is 30.2 Å². The van der Waals surface area contributed by atoms with E-state index in [0.29, 0.717) is 94.4 Å². The van der Waals surface area contributed by atoms with Gasteiger partial charge in [0.1, 0.15) is 23.0 Å². The highest BCUT2D eigenvalue weighted by Crippen LogP contribution is 2.38. The molecule has 2 amide bonds. The summed E-state index contributed by atoms with van der Waals surface area (Å²) in [6.07, 6.45) is 0.245. The van der Waals surface area contributed by atoms with Gasteiger partial charge in [0.05, 0.1) is 24.3 Å². The van der Waals surface area contributed by atoms with E-state index in [9.17, 15) is 28.6 Å². The number of nitrogens with two attached hydrogens (primary N) is 1. The van der Waals surface area contributed by atoms with Gasteiger partial charge in [-0.25, -0.2) is 18.7 Å². The Morgan fingerprint density at radius 2 is 1.49 bits per heavy atom. The van der Waals surface area contributed by atoms with Gasteiger partial charge in [0, 0.05) is 103 Å². The summed E-state index contributed by atoms with van der Waals surface area (Å²) in [7, 11) is 0. The summed E-state index contributed by atoms with van der Waals surface area (Å²) in [5.74, 6) is 1.97. The van der Waals surface area contributed by atoms with Crippen LogP contribution in [0.4, 0.5) is 26.6 Å². The first-order chi connectivity index (χ1) is 33.8. The normalized spacial score (nSPS) is 15.6. The number of anilines is 3. The number of ether oxygens (including phenoxy) is 1. The zero-order valence-electron chi connectivity index (χ0n) is 41.1. The Morgan fingerprint density at radius 3 is 2.09 bits per heavy atom. The van der Waals surface area contributed by atoms with Crippen molar-refractivity contribution in [3.8, 4) is 40.0 Å². The average Bonchev–Trinajstić information content (AvgIpc) is 3.76. The molecule has 0 unspecified atom stereocenters. The van der Waals surface area contributed by atoms with Crippen LogP contribution < -0.4 is 20.9 Å². The number of amides is 2. The molecule has 0 atom stereocenters. The first-order valence-electron chi connectivity index (χ1n) is 24.0. The Kier molecular flexibility index (Phi) is 19.0. The number of carbonyl (C=O) groups is 2. The molecule has 0 spiro atoms. The van der Waals surface area contributed by atoms with Crippen LogP contribution in [0.5, 0.6) is 11.5 Å². The molecule has 22 heteroatoms. The lowest BCUT2D eigenvalue weighted by Gasteiger charge is -2.36. The molecule has 378 valence electrons. The van der Waals surface area contributed by atoms with Crippen LogP contribution in [0.2, 0.25) is 0 Å². The number of alkyl halides is 2. The molecule has 3 fully saturated rings. The maximum Gasteiger partial charge on any atom is 0.281 e. The molecular formula is C48H67F2N15O5. The van der Waals surface area contributed by atoms with Crippen molar-refractivity contribution in [2.45, 2.75) is 73.3 Å². The second-order valence-corrected chi connectivity index (χ2v) is 17.1. The highest BCUT2D eigenvalue weighted by Gasteiger charge is 2.27. The Balaban J connectivity index is 0.00000108. The molecule has 20 nitrogen and oxygen atoms in total. The second kappa shape index (κ2) is 25.3. The molecular weight excluding hydrogens is 905 g/mol. The Hall–Kier alpha value is -6.65. The van der Waals surface area contributed by atoms with Gasteiger partial charge in [-0.3, -0.25) is 24.0 Å². The predicted octanol–water partition coefficient (Wildman–Crippen LogP) is 4.80. The number of piperazine rings is 2. The van der Waals surface area contributed by atoms with E-state index in [1.165, 1.54) is 12.3 Å². The summed E-state index contributed by atoms with van der Waals surface area (Å²) in [6.45, 7) is 21.7. The van der Waals surface area contributed by atoms with Gasteiger partial charge in [0.15, 0.2) is 11.6 Å². The van der Waals surface area contributed by atoms with Crippen molar-refractivity contribution < 1.29 is 33.3 Å². The number of hydrogen-bond donors (Lipinski definition) is 4. The van der Waals surface area contributed by atoms with Crippen molar-refractivity contribution in [3.05, 3.63) is 65.2 Å². The second-order valence-electron chi connectivity index (χ2n) is 17.1. The zero-order chi connectivity index (χ0) is 50.3. The molecule has 0 aliphatic carbocycles. The molecule has 6 heterocycles. The molecule has 8 rings (SSSR count). The van der Waals surface area contributed by atoms with E-state index in [-0.39, 0.29) is 40.7 Å². The monoisotopic (exact) mass is 972 g/mol. The first kappa shape index (κ1) is 52.7. The van der Waals surface area contributed by atoms with Crippen molar-refractivity contribution in [2.24, 2.45) is 0 Å². The van der Waals surface area contributed by atoms with Crippen molar-refractivity contribution >= 4 is 30.2 Å². The van der Waals surface area contributed by atoms with Crippen LogP contribution in [0.3, 0.4) is 0 Å². The highest BCUT2D eigenvalue weighted by atomic mass is 19.3. The van der Waals surface area contributed by atoms with Crippen molar-refractivity contribution in [1.82, 2.24) is 59.7 Å². The number of aromatic nitrogens is 8. The molecule has 3 aliphatic rings. The third kappa shape index (κ3) is 13.4. The number of hydrogen-bond acceptors (Lipinski definition) is 17. The van der Waals surface area contributed by atoms with Gasteiger partial charge < -0.3 is 40.7 Å². The fourth-order valence-corrected chi connectivity index (χ4v) is 8.38. The number of morpholine rings is 1. The molecule has 0 bridgehead atoms. The summed E-state index contributed by atoms with van der Waals surface area (Å²) < 4.78 is 35.5. The van der Waals surface area contributed by atoms with Crippen molar-refractivity contribution in [3.63, 3.8) is 0 Å². The Morgan fingerprint density at radius 1 is 0.843 bits per heavy atom. The number of phenols is 2. The van der Waals surface area contributed by atoms with E-state index < -0.39 is 12.1 Å². The Labute approximate surface area is 407 Å². The van der Waals surface area contributed by atoms with Crippen LogP contribution in [-0.4, -0.2) is 169 Å². The standard InChI is InChI=1S/C43H54F2N14O4.C3H7NO.C2H6/c1-27(2)31-23-32(35(61)24-34(31)60)40-53-52-28(3)59(40)30-8-6-29(7-9-30)26-55-13-15-56(16-14-55)36(62)5-4-10-54-11-17-57(18-12-54)42-49-39(33-25-47-41(46)48-37(33)38(44)45)50-43(51-42)58-19-21-63-22-20-58;1-2-4-3-5;1-2/h6-9,23-25,27,38,60-61H,4-5,10-22,26H2,1-3H3,(H2,46,47,48);3H,2H2,1H3,(H,4,5);1-2H3. The summed E-state index contributed by atoms with van der Waals surface area (Å²) in [6, 6.07) is 11.3. The van der Waals surface area contributed by atoms with Crippen LogP contribution in [0.1, 0.15) is 82.4 Å². The first-order valence-corrected chi connectivity index (χ1v) is 24.0. The number of aryl methyl sites for hydroxylation is 1. The predicted molar refractivity (Wildman–Crippen MR) is 263 cm³/mol. The Bertz CT molecular complexity index is 2470. The minimum absolute atomic E-state index is 0.0123. The number of nitrogens with zero attached hydrogens (tertiary/aromatic N) is 13. The van der Waals surface area contributed by atoms with Crippen molar-refractivity contribution in [1.29, 1.82) is 0 Å². The number of nitrogen functional groups attached to an aromatic ring is 1. The summed E-state index contributed by atoms with van der Waals surface area (Å²) in [4.78, 5) is 54.9. The van der Waals surface area contributed by atoms with E-state index >= 15 is 0 Å². The molecule has 5 aromatic rings. The lowest BCUT2D eigenvalue weighted by atomic mass is 9.98. The summed E-state index contributed by atoms with van der Waals surface area (Å²) >= 11 is 0. The van der Waals surface area contributed by atoms with E-state index in [1.54, 1.807) is 6.07 Å². The molecule has 3 aliphatic heterocycles. The SMILES string of the molecule is CC.CCNC=O.Cc1nnc(-c2cc(C(C)C)c(O)cc2O)n1-c1ccc(CN2CCN(C(=O)CCCN3CCN(c4nc(-c5cnc(N)nc5C(F)F)nc(N5CCOCC5)n4)CC3)CC2)cc1. The van der Waals surface area contributed by atoms with Crippen LogP contribution in [0, 0.1) is 6.92 Å². The third-order valence-electron chi connectivity index (χ3n) is 12.2. The third-order valence-corrected chi connectivity index (χ3v) is 12.2. The highest BCUT2D eigenvalue weighted by molar-refractivity contribution is 5.76. The fourth-order valence-electron chi connectivity index (χ4n) is 8.38.